The molecule has 1 aliphatic heterocycles. The number of benzene rings is 1. The van der Waals surface area contributed by atoms with Gasteiger partial charge in [-0.2, -0.15) is 0 Å². The molecular weight excluding hydrogens is 504 g/mol. The quantitative estimate of drug-likeness (QED) is 0.442. The van der Waals surface area contributed by atoms with Gasteiger partial charge in [0.2, 0.25) is 5.91 Å². The van der Waals surface area contributed by atoms with E-state index in [2.05, 4.69) is 24.5 Å². The van der Waals surface area contributed by atoms with Gasteiger partial charge in [-0.25, -0.2) is 14.4 Å². The van der Waals surface area contributed by atoms with Gasteiger partial charge in [-0.3, -0.25) is 14.2 Å². The Labute approximate surface area is 224 Å². The van der Waals surface area contributed by atoms with Gasteiger partial charge in [-0.05, 0) is 49.9 Å². The van der Waals surface area contributed by atoms with Crippen LogP contribution in [0.4, 0.5) is 10.2 Å². The van der Waals surface area contributed by atoms with Crippen LogP contribution in [0.3, 0.4) is 0 Å². The van der Waals surface area contributed by atoms with Crippen LogP contribution < -0.4 is 10.9 Å². The van der Waals surface area contributed by atoms with Gasteiger partial charge < -0.3 is 15.0 Å². The summed E-state index contributed by atoms with van der Waals surface area (Å²) in [5.74, 6) is 0.305. The van der Waals surface area contributed by atoms with Crippen LogP contribution in [0.1, 0.15) is 74.8 Å². The average molecular weight is 540 g/mol. The van der Waals surface area contributed by atoms with Crippen molar-refractivity contribution in [2.45, 2.75) is 69.9 Å². The lowest BCUT2D eigenvalue weighted by atomic mass is 9.84. The number of ether oxygens (including phenoxy) is 1. The Balaban J connectivity index is 1.57. The summed E-state index contributed by atoms with van der Waals surface area (Å²) in [7, 11) is 4.34. The van der Waals surface area contributed by atoms with Crippen LogP contribution in [0.2, 0.25) is 0 Å². The van der Waals surface area contributed by atoms with Crippen LogP contribution in [-0.2, 0) is 22.2 Å². The normalized spacial score (nSPS) is 18.8. The van der Waals surface area contributed by atoms with E-state index in [4.69, 9.17) is 4.74 Å². The zero-order chi connectivity index (χ0) is 27.2. The number of anilines is 1. The Morgan fingerprint density at radius 2 is 1.89 bits per heavy atom. The summed E-state index contributed by atoms with van der Waals surface area (Å²) >= 11 is 0. The van der Waals surface area contributed by atoms with Gasteiger partial charge in [-0.1, -0.05) is 25.1 Å². The van der Waals surface area contributed by atoms with Crippen molar-refractivity contribution < 1.29 is 13.9 Å². The van der Waals surface area contributed by atoms with Gasteiger partial charge in [0, 0.05) is 32.6 Å². The number of carbonyl (C=O) groups is 1. The third-order valence-corrected chi connectivity index (χ3v) is 8.16. The number of likely N-dealkylation sites (tertiary alicyclic amines) is 1. The number of rotatable bonds is 7. The van der Waals surface area contributed by atoms with E-state index in [1.807, 2.05) is 26.0 Å². The first-order valence-corrected chi connectivity index (χ1v) is 13.9. The molecule has 10 heteroatoms. The zero-order valence-electron chi connectivity index (χ0n) is 22.3. The van der Waals surface area contributed by atoms with E-state index in [1.165, 1.54) is 10.9 Å². The summed E-state index contributed by atoms with van der Waals surface area (Å²) in [5.41, 5.74) is 1.24. The number of fused-ring (bicyclic) bond motifs is 1. The number of amides is 1. The summed E-state index contributed by atoms with van der Waals surface area (Å²) in [5, 5.41) is 4.03. The molecule has 1 saturated carbocycles. The molecule has 1 N–H and O–H groups in total. The molecule has 3 heterocycles. The third kappa shape index (κ3) is 4.94. The maximum absolute atomic E-state index is 15.3. The molecule has 2 aromatic heterocycles. The number of aromatic nitrogens is 3. The minimum Gasteiger partial charge on any atom is -0.367 e. The van der Waals surface area contributed by atoms with E-state index in [1.54, 1.807) is 31.0 Å². The van der Waals surface area contributed by atoms with Gasteiger partial charge in [-0.15, -0.1) is 9.24 Å². The first kappa shape index (κ1) is 26.7. The molecule has 1 amide bonds. The second-order valence-electron chi connectivity index (χ2n) is 10.6. The number of hydrogen-bond donors (Lipinski definition) is 1. The topological polar surface area (TPSA) is 89.3 Å². The summed E-state index contributed by atoms with van der Waals surface area (Å²) in [4.78, 5) is 36.4. The number of carbonyl (C=O) groups excluding carboxylic acids is 1. The number of halogens is 1. The minimum absolute atomic E-state index is 0.0174. The molecule has 0 radical (unpaired) electrons. The Morgan fingerprint density at radius 3 is 2.53 bits per heavy atom. The largest absolute Gasteiger partial charge is 0.367 e. The number of aryl methyl sites for hydroxylation is 1. The number of nitrogens with zero attached hydrogens (tertiary/aromatic N) is 4. The van der Waals surface area contributed by atoms with Gasteiger partial charge in [0.1, 0.15) is 29.2 Å². The maximum Gasteiger partial charge on any atom is 0.258 e. The van der Waals surface area contributed by atoms with Crippen LogP contribution in [-0.4, -0.2) is 44.5 Å². The first-order chi connectivity index (χ1) is 18.1. The van der Waals surface area contributed by atoms with Crippen molar-refractivity contribution in [3.8, 4) is 0 Å². The Hall–Kier alpha value is -2.90. The highest BCUT2D eigenvalue weighted by molar-refractivity contribution is 7.17. The maximum atomic E-state index is 15.3. The molecule has 1 aromatic carbocycles. The van der Waals surface area contributed by atoms with Crippen LogP contribution >= 0.6 is 9.24 Å². The molecule has 2 unspecified atom stereocenters. The molecule has 2 aliphatic rings. The van der Waals surface area contributed by atoms with Gasteiger partial charge >= 0.3 is 0 Å². The molecule has 202 valence electrons. The monoisotopic (exact) mass is 539 g/mol. The van der Waals surface area contributed by atoms with Crippen molar-refractivity contribution in [1.82, 2.24) is 19.4 Å². The number of pyridine rings is 1. The van der Waals surface area contributed by atoms with Gasteiger partial charge in [0.25, 0.3) is 5.56 Å². The van der Waals surface area contributed by atoms with Crippen molar-refractivity contribution in [1.29, 1.82) is 0 Å². The number of hydrogen-bond acceptors (Lipinski definition) is 6. The molecule has 1 saturated heterocycles. The van der Waals surface area contributed by atoms with E-state index in [-0.39, 0.29) is 35.1 Å². The van der Waals surface area contributed by atoms with Crippen LogP contribution in [0, 0.1) is 5.82 Å². The van der Waals surface area contributed by atoms with E-state index in [0.717, 1.165) is 12.8 Å². The first-order valence-electron chi connectivity index (χ1n) is 13.2. The van der Waals surface area contributed by atoms with Crippen molar-refractivity contribution in [3.63, 3.8) is 0 Å². The van der Waals surface area contributed by atoms with Gasteiger partial charge in [0.05, 0.1) is 23.1 Å². The second-order valence-corrected chi connectivity index (χ2v) is 11.6. The zero-order valence-corrected chi connectivity index (χ0v) is 23.5. The predicted molar refractivity (Wildman–Crippen MR) is 149 cm³/mol. The molecule has 0 bridgehead atoms. The highest BCUT2D eigenvalue weighted by Gasteiger charge is 2.44. The van der Waals surface area contributed by atoms with E-state index < -0.39 is 5.60 Å². The molecule has 0 spiro atoms. The molecule has 8 nitrogen and oxygen atoms in total. The molecule has 5 rings (SSSR count). The Bertz CT molecular complexity index is 1430. The molecule has 3 atom stereocenters. The lowest BCUT2D eigenvalue weighted by Crippen LogP contribution is -2.48. The summed E-state index contributed by atoms with van der Waals surface area (Å²) < 4.78 is 23.4. The summed E-state index contributed by atoms with van der Waals surface area (Å²) in [6, 6.07) is 6.89. The van der Waals surface area contributed by atoms with Crippen LogP contribution in [0.25, 0.3) is 11.0 Å². The minimum atomic E-state index is -0.787. The molecule has 1 aliphatic carbocycles. The highest BCUT2D eigenvalue weighted by Crippen LogP contribution is 2.42. The van der Waals surface area contributed by atoms with Crippen LogP contribution in [0.5, 0.6) is 0 Å². The fourth-order valence-electron chi connectivity index (χ4n) is 5.39. The van der Waals surface area contributed by atoms with Crippen molar-refractivity contribution in [3.05, 3.63) is 63.5 Å². The lowest BCUT2D eigenvalue weighted by molar-refractivity contribution is -0.138. The molecule has 2 fully saturated rings. The lowest BCUT2D eigenvalue weighted by Gasteiger charge is -2.41. The summed E-state index contributed by atoms with van der Waals surface area (Å²) in [6.45, 7) is 6.45. The molecular formula is C28H35FN5O3P. The van der Waals surface area contributed by atoms with Crippen LogP contribution in [0.15, 0.2) is 35.4 Å². The summed E-state index contributed by atoms with van der Waals surface area (Å²) in [6.07, 6.45) is 4.57. The second kappa shape index (κ2) is 10.3. The fourth-order valence-corrected chi connectivity index (χ4v) is 5.64. The standard InChI is InChI=1S/C28H35FN5O3P/c1-16(20-6-5-7-21(17(2)38)24(20)29)32-25-22-14-23(27(36)33(4)26(22)31-15-30-25)28(37-19-8-9-19)10-12-34(13-11-28)18(3)35/h5-7,14-17,19H,8-13,38H2,1-4H3,(H,30,31,32)/t16-,17?/m1/s1. The van der Waals surface area contributed by atoms with E-state index in [0.29, 0.717) is 59.5 Å². The van der Waals surface area contributed by atoms with E-state index >= 15 is 4.39 Å². The van der Waals surface area contributed by atoms with E-state index in [9.17, 15) is 9.59 Å². The van der Waals surface area contributed by atoms with Crippen molar-refractivity contribution >= 4 is 32.0 Å². The fraction of sp³-hybridized carbons (Fsp3) is 0.500. The van der Waals surface area contributed by atoms with Crippen molar-refractivity contribution in [2.75, 3.05) is 18.4 Å². The average Bonchev–Trinajstić information content (AvgIpc) is 3.70. The SMILES string of the molecule is CC(=O)N1CCC(OC2CC2)(c2cc3c(N[C@H](C)c4cccc(C(C)P)c4F)ncnc3n(C)c2=O)CC1. The predicted octanol–water partition coefficient (Wildman–Crippen LogP) is 4.59. The number of nitrogens with one attached hydrogen (secondary N) is 1. The third-order valence-electron chi connectivity index (χ3n) is 7.80. The number of piperidine rings is 1. The smallest absolute Gasteiger partial charge is 0.258 e. The molecule has 3 aromatic rings. The molecule has 38 heavy (non-hydrogen) atoms. The van der Waals surface area contributed by atoms with Gasteiger partial charge in [0.15, 0.2) is 0 Å². The Morgan fingerprint density at radius 1 is 1.21 bits per heavy atom. The highest BCUT2D eigenvalue weighted by atomic mass is 31.0. The van der Waals surface area contributed by atoms with Crippen molar-refractivity contribution in [2.24, 2.45) is 7.05 Å². The Kier molecular flexibility index (Phi) is 7.27.